The van der Waals surface area contributed by atoms with Crippen LogP contribution in [-0.4, -0.2) is 30.3 Å². The largest absolute Gasteiger partial charge is 0.421 e. The predicted molar refractivity (Wildman–Crippen MR) is 93.1 cm³/mol. The van der Waals surface area contributed by atoms with E-state index in [0.717, 1.165) is 6.21 Å². The normalized spacial score (nSPS) is 10.8. The fourth-order valence-corrected chi connectivity index (χ4v) is 2.33. The molecule has 1 aromatic carbocycles. The average Bonchev–Trinajstić information content (AvgIpc) is 2.60. The Labute approximate surface area is 147 Å². The molecule has 2 aromatic rings. The quantitative estimate of drug-likeness (QED) is 0.586. The van der Waals surface area contributed by atoms with E-state index in [1.54, 1.807) is 19.2 Å². The fourth-order valence-electron chi connectivity index (χ4n) is 2.33. The van der Waals surface area contributed by atoms with Crippen molar-refractivity contribution in [1.82, 2.24) is 9.97 Å². The van der Waals surface area contributed by atoms with Crippen LogP contribution in [0.3, 0.4) is 0 Å². The van der Waals surface area contributed by atoms with E-state index < -0.39 is 11.7 Å². The molecule has 26 heavy (non-hydrogen) atoms. The number of hydrogen-bond donors (Lipinski definition) is 4. The van der Waals surface area contributed by atoms with Crippen molar-refractivity contribution >= 4 is 29.4 Å². The molecule has 0 bridgehead atoms. The standard InChI is InChI=1S/C16H16F3N7/c1-22-12-5-9(3-4-20)6-13(10(12)7-21)25-15-24-8-11(16(17,18)19)14(23-2)26-15/h5-8,21-22H,3H2,1-2H3,(H2,23,24,25,26). The van der Waals surface area contributed by atoms with Crippen molar-refractivity contribution in [3.63, 3.8) is 0 Å². The van der Waals surface area contributed by atoms with Gasteiger partial charge in [0.2, 0.25) is 5.95 Å². The van der Waals surface area contributed by atoms with Gasteiger partial charge in [-0.25, -0.2) is 4.98 Å². The first-order chi connectivity index (χ1) is 12.3. The lowest BCUT2D eigenvalue weighted by molar-refractivity contribution is -0.137. The van der Waals surface area contributed by atoms with Gasteiger partial charge in [-0.2, -0.15) is 23.4 Å². The zero-order valence-electron chi connectivity index (χ0n) is 14.0. The van der Waals surface area contributed by atoms with Gasteiger partial charge in [-0.15, -0.1) is 0 Å². The number of rotatable bonds is 6. The Morgan fingerprint density at radius 2 is 1.92 bits per heavy atom. The maximum absolute atomic E-state index is 12.9. The smallest absolute Gasteiger partial charge is 0.388 e. The van der Waals surface area contributed by atoms with Crippen LogP contribution >= 0.6 is 0 Å². The number of alkyl halides is 3. The van der Waals surface area contributed by atoms with Crippen LogP contribution in [0.5, 0.6) is 0 Å². The highest BCUT2D eigenvalue weighted by Gasteiger charge is 2.35. The van der Waals surface area contributed by atoms with Gasteiger partial charge in [0.1, 0.15) is 11.4 Å². The first-order valence-electron chi connectivity index (χ1n) is 7.45. The third kappa shape index (κ3) is 4.00. The number of nitrogens with zero attached hydrogens (tertiary/aromatic N) is 3. The minimum absolute atomic E-state index is 0.0680. The molecule has 0 fully saturated rings. The van der Waals surface area contributed by atoms with Crippen LogP contribution < -0.4 is 16.0 Å². The van der Waals surface area contributed by atoms with Crippen molar-refractivity contribution in [2.24, 2.45) is 0 Å². The Kier molecular flexibility index (Phi) is 5.61. The first kappa shape index (κ1) is 19.0. The maximum Gasteiger partial charge on any atom is 0.421 e. The molecule has 4 N–H and O–H groups in total. The van der Waals surface area contributed by atoms with E-state index in [0.29, 0.717) is 28.7 Å². The van der Waals surface area contributed by atoms with E-state index in [4.69, 9.17) is 10.7 Å². The molecule has 0 radical (unpaired) electrons. The molecule has 0 atom stereocenters. The third-order valence-electron chi connectivity index (χ3n) is 3.51. The molecule has 136 valence electrons. The molecule has 2 rings (SSSR count). The zero-order valence-corrected chi connectivity index (χ0v) is 14.0. The number of anilines is 4. The van der Waals surface area contributed by atoms with Gasteiger partial charge < -0.3 is 21.4 Å². The van der Waals surface area contributed by atoms with E-state index >= 15 is 0 Å². The zero-order chi connectivity index (χ0) is 19.3. The number of nitriles is 1. The van der Waals surface area contributed by atoms with Gasteiger partial charge in [-0.1, -0.05) is 0 Å². The van der Waals surface area contributed by atoms with Crippen molar-refractivity contribution in [2.75, 3.05) is 30.0 Å². The van der Waals surface area contributed by atoms with Crippen LogP contribution in [0, 0.1) is 16.7 Å². The molecule has 1 heterocycles. The van der Waals surface area contributed by atoms with E-state index in [2.05, 4.69) is 25.9 Å². The fraction of sp³-hybridized carbons (Fsp3) is 0.250. The molecule has 0 saturated heterocycles. The highest BCUT2D eigenvalue weighted by molar-refractivity contribution is 5.94. The van der Waals surface area contributed by atoms with E-state index in [-0.39, 0.29) is 18.2 Å². The topological polar surface area (TPSA) is 110 Å². The van der Waals surface area contributed by atoms with Crippen molar-refractivity contribution in [3.8, 4) is 6.07 Å². The van der Waals surface area contributed by atoms with Crippen molar-refractivity contribution in [2.45, 2.75) is 12.6 Å². The van der Waals surface area contributed by atoms with Crippen LogP contribution in [0.15, 0.2) is 18.3 Å². The Bertz CT molecular complexity index is 856. The SMILES string of the molecule is CNc1cc(CC#N)cc(Nc2ncc(C(F)(F)F)c(NC)n2)c1C=N. The van der Waals surface area contributed by atoms with E-state index in [9.17, 15) is 13.2 Å². The highest BCUT2D eigenvalue weighted by atomic mass is 19.4. The summed E-state index contributed by atoms with van der Waals surface area (Å²) in [6, 6.07) is 5.38. The predicted octanol–water partition coefficient (Wildman–Crippen LogP) is 3.39. The summed E-state index contributed by atoms with van der Waals surface area (Å²) >= 11 is 0. The third-order valence-corrected chi connectivity index (χ3v) is 3.51. The molecule has 0 aliphatic rings. The summed E-state index contributed by atoms with van der Waals surface area (Å²) in [5, 5.41) is 24.6. The minimum Gasteiger partial charge on any atom is -0.388 e. The number of benzene rings is 1. The first-order valence-corrected chi connectivity index (χ1v) is 7.45. The minimum atomic E-state index is -4.58. The van der Waals surface area contributed by atoms with E-state index in [1.807, 2.05) is 6.07 Å². The molecular weight excluding hydrogens is 347 g/mol. The molecule has 7 nitrogen and oxygen atoms in total. The lowest BCUT2D eigenvalue weighted by Crippen LogP contribution is -2.13. The second kappa shape index (κ2) is 7.69. The maximum atomic E-state index is 12.9. The van der Waals surface area contributed by atoms with Gasteiger partial charge in [0.15, 0.2) is 0 Å². The summed E-state index contributed by atoms with van der Waals surface area (Å²) in [7, 11) is 2.99. The summed E-state index contributed by atoms with van der Waals surface area (Å²) in [5.41, 5.74) is 1.15. The monoisotopic (exact) mass is 363 g/mol. The number of halogens is 3. The number of hydrogen-bond acceptors (Lipinski definition) is 7. The Morgan fingerprint density at radius 1 is 1.23 bits per heavy atom. The average molecular weight is 363 g/mol. The van der Waals surface area contributed by atoms with Gasteiger partial charge in [0, 0.05) is 37.8 Å². The lowest BCUT2D eigenvalue weighted by Gasteiger charge is -2.16. The Hall–Kier alpha value is -3.35. The molecule has 0 saturated carbocycles. The Balaban J connectivity index is 2.49. The molecule has 0 aliphatic carbocycles. The number of nitrogens with one attached hydrogen (secondary N) is 4. The second-order valence-electron chi connectivity index (χ2n) is 5.16. The van der Waals surface area contributed by atoms with Crippen molar-refractivity contribution in [3.05, 3.63) is 35.0 Å². The van der Waals surface area contributed by atoms with Crippen LogP contribution in [0.25, 0.3) is 0 Å². The number of aromatic nitrogens is 2. The molecule has 1 aromatic heterocycles. The molecule has 0 spiro atoms. The van der Waals surface area contributed by atoms with Gasteiger partial charge in [0.25, 0.3) is 0 Å². The summed E-state index contributed by atoms with van der Waals surface area (Å²) in [6.45, 7) is 0. The van der Waals surface area contributed by atoms with Crippen LogP contribution in [-0.2, 0) is 12.6 Å². The molecular formula is C16H16F3N7. The van der Waals surface area contributed by atoms with Crippen molar-refractivity contribution in [1.29, 1.82) is 10.7 Å². The second-order valence-corrected chi connectivity index (χ2v) is 5.16. The van der Waals surface area contributed by atoms with Gasteiger partial charge in [0.05, 0.1) is 18.2 Å². The van der Waals surface area contributed by atoms with Gasteiger partial charge in [-0.3, -0.25) is 0 Å². The lowest BCUT2D eigenvalue weighted by atomic mass is 10.0. The van der Waals surface area contributed by atoms with Gasteiger partial charge >= 0.3 is 6.18 Å². The van der Waals surface area contributed by atoms with Crippen LogP contribution in [0.2, 0.25) is 0 Å². The molecule has 0 unspecified atom stereocenters. The Morgan fingerprint density at radius 3 is 2.46 bits per heavy atom. The summed E-state index contributed by atoms with van der Waals surface area (Å²) < 4.78 is 38.8. The molecule has 0 amide bonds. The van der Waals surface area contributed by atoms with Gasteiger partial charge in [-0.05, 0) is 17.7 Å². The molecule has 0 aliphatic heterocycles. The van der Waals surface area contributed by atoms with Crippen LogP contribution in [0.4, 0.5) is 36.3 Å². The summed E-state index contributed by atoms with van der Waals surface area (Å²) in [6.07, 6.45) is -2.67. The molecule has 10 heteroatoms. The summed E-state index contributed by atoms with van der Waals surface area (Å²) in [4.78, 5) is 7.56. The highest BCUT2D eigenvalue weighted by Crippen LogP contribution is 2.34. The van der Waals surface area contributed by atoms with Crippen molar-refractivity contribution < 1.29 is 13.2 Å². The van der Waals surface area contributed by atoms with Crippen LogP contribution in [0.1, 0.15) is 16.7 Å². The summed E-state index contributed by atoms with van der Waals surface area (Å²) in [5.74, 6) is -0.435. The van der Waals surface area contributed by atoms with E-state index in [1.165, 1.54) is 7.05 Å².